The average Bonchev–Trinajstić information content (AvgIpc) is 2.69. The van der Waals surface area contributed by atoms with Gasteiger partial charge in [-0.2, -0.15) is 0 Å². The van der Waals surface area contributed by atoms with Crippen molar-refractivity contribution in [3.8, 4) is 11.3 Å². The third kappa shape index (κ3) is 2.28. The highest BCUT2D eigenvalue weighted by Crippen LogP contribution is 2.20. The van der Waals surface area contributed by atoms with E-state index in [0.29, 0.717) is 0 Å². The number of hydrogen-bond acceptors (Lipinski definition) is 3. The Balaban J connectivity index is 2.25. The molecule has 0 saturated heterocycles. The van der Waals surface area contributed by atoms with E-state index >= 15 is 0 Å². The summed E-state index contributed by atoms with van der Waals surface area (Å²) in [6.45, 7) is 2.20. The third-order valence-corrected chi connectivity index (χ3v) is 2.46. The minimum Gasteiger partial charge on any atom is -0.396 e. The second-order valence-electron chi connectivity index (χ2n) is 3.72. The standard InChI is InChI=1S/C12H15N3O/c1-9-12(10-4-6-13-7-5-10)15-11(14-9)3-2-8-16/h4-7,16H,2-3,8H2,1H3,(H,14,15). The van der Waals surface area contributed by atoms with Crippen LogP contribution in [0.5, 0.6) is 0 Å². The molecule has 0 bridgehead atoms. The Morgan fingerprint density at radius 2 is 2.06 bits per heavy atom. The average molecular weight is 217 g/mol. The highest BCUT2D eigenvalue weighted by molar-refractivity contribution is 5.60. The maximum absolute atomic E-state index is 8.77. The second-order valence-corrected chi connectivity index (χ2v) is 3.72. The van der Waals surface area contributed by atoms with Crippen LogP contribution in [-0.2, 0) is 6.42 Å². The number of aliphatic hydroxyl groups is 1. The molecule has 0 fully saturated rings. The van der Waals surface area contributed by atoms with Crippen LogP contribution in [0.3, 0.4) is 0 Å². The summed E-state index contributed by atoms with van der Waals surface area (Å²) in [7, 11) is 0. The normalized spacial score (nSPS) is 10.6. The van der Waals surface area contributed by atoms with Crippen molar-refractivity contribution < 1.29 is 5.11 Å². The van der Waals surface area contributed by atoms with Crippen molar-refractivity contribution in [3.63, 3.8) is 0 Å². The highest BCUT2D eigenvalue weighted by atomic mass is 16.2. The van der Waals surface area contributed by atoms with E-state index in [1.165, 1.54) is 0 Å². The van der Waals surface area contributed by atoms with Crippen LogP contribution >= 0.6 is 0 Å². The van der Waals surface area contributed by atoms with Crippen molar-refractivity contribution in [1.82, 2.24) is 15.0 Å². The van der Waals surface area contributed by atoms with Gasteiger partial charge in [0.2, 0.25) is 0 Å². The van der Waals surface area contributed by atoms with Gasteiger partial charge in [0.05, 0.1) is 5.69 Å². The van der Waals surface area contributed by atoms with Crippen LogP contribution in [0.15, 0.2) is 24.5 Å². The fourth-order valence-electron chi connectivity index (χ4n) is 1.68. The number of rotatable bonds is 4. The van der Waals surface area contributed by atoms with Crippen LogP contribution in [0.1, 0.15) is 17.9 Å². The zero-order valence-electron chi connectivity index (χ0n) is 9.27. The molecule has 2 aromatic heterocycles. The number of pyridine rings is 1. The van der Waals surface area contributed by atoms with Gasteiger partial charge in [0.1, 0.15) is 5.82 Å². The highest BCUT2D eigenvalue weighted by Gasteiger charge is 2.07. The van der Waals surface area contributed by atoms with E-state index in [2.05, 4.69) is 15.0 Å². The molecule has 0 radical (unpaired) electrons. The maximum atomic E-state index is 8.77. The van der Waals surface area contributed by atoms with Crippen LogP contribution in [0.4, 0.5) is 0 Å². The molecule has 2 heterocycles. The fourth-order valence-corrected chi connectivity index (χ4v) is 1.68. The molecule has 0 amide bonds. The van der Waals surface area contributed by atoms with Gasteiger partial charge in [-0.15, -0.1) is 0 Å². The van der Waals surface area contributed by atoms with Gasteiger partial charge < -0.3 is 10.1 Å². The third-order valence-electron chi connectivity index (χ3n) is 2.46. The first kappa shape index (κ1) is 10.8. The number of aryl methyl sites for hydroxylation is 2. The zero-order chi connectivity index (χ0) is 11.4. The molecule has 0 aliphatic rings. The summed E-state index contributed by atoms with van der Waals surface area (Å²) in [5, 5.41) is 8.77. The van der Waals surface area contributed by atoms with Gasteiger partial charge in [0.15, 0.2) is 0 Å². The van der Waals surface area contributed by atoms with Crippen LogP contribution < -0.4 is 0 Å². The minimum absolute atomic E-state index is 0.199. The lowest BCUT2D eigenvalue weighted by atomic mass is 10.2. The van der Waals surface area contributed by atoms with E-state index in [-0.39, 0.29) is 6.61 Å². The van der Waals surface area contributed by atoms with E-state index in [0.717, 1.165) is 35.6 Å². The molecule has 84 valence electrons. The van der Waals surface area contributed by atoms with Gasteiger partial charge in [-0.05, 0) is 25.5 Å². The molecule has 2 rings (SSSR count). The van der Waals surface area contributed by atoms with Crippen molar-refractivity contribution in [2.24, 2.45) is 0 Å². The Morgan fingerprint density at radius 1 is 1.31 bits per heavy atom. The zero-order valence-corrected chi connectivity index (χ0v) is 9.27. The smallest absolute Gasteiger partial charge is 0.107 e. The molecule has 0 spiro atoms. The number of nitrogens with one attached hydrogen (secondary N) is 1. The molecule has 0 unspecified atom stereocenters. The van der Waals surface area contributed by atoms with Gasteiger partial charge in [0, 0.05) is 36.7 Å². The van der Waals surface area contributed by atoms with Crippen molar-refractivity contribution in [2.45, 2.75) is 19.8 Å². The quantitative estimate of drug-likeness (QED) is 0.819. The van der Waals surface area contributed by atoms with Crippen LogP contribution in [0.2, 0.25) is 0 Å². The Hall–Kier alpha value is -1.68. The van der Waals surface area contributed by atoms with E-state index in [1.54, 1.807) is 12.4 Å². The molecule has 0 aliphatic carbocycles. The Bertz CT molecular complexity index is 451. The van der Waals surface area contributed by atoms with Crippen LogP contribution in [0, 0.1) is 6.92 Å². The predicted molar refractivity (Wildman–Crippen MR) is 62.0 cm³/mol. The van der Waals surface area contributed by atoms with Gasteiger partial charge >= 0.3 is 0 Å². The number of hydrogen-bond donors (Lipinski definition) is 2. The van der Waals surface area contributed by atoms with Crippen LogP contribution in [0.25, 0.3) is 11.3 Å². The SMILES string of the molecule is Cc1[nH]c(CCCO)nc1-c1ccncc1. The molecule has 0 aliphatic heterocycles. The molecule has 0 saturated carbocycles. The molecule has 0 aromatic carbocycles. The number of H-pyrrole nitrogens is 1. The van der Waals surface area contributed by atoms with Crippen molar-refractivity contribution in [2.75, 3.05) is 6.61 Å². The molecule has 0 atom stereocenters. The van der Waals surface area contributed by atoms with E-state index < -0.39 is 0 Å². The minimum atomic E-state index is 0.199. The van der Waals surface area contributed by atoms with Gasteiger partial charge in [-0.25, -0.2) is 4.98 Å². The molecule has 2 aromatic rings. The second kappa shape index (κ2) is 4.90. The fraction of sp³-hybridized carbons (Fsp3) is 0.333. The molecular formula is C12H15N3O. The number of aromatic nitrogens is 3. The summed E-state index contributed by atoms with van der Waals surface area (Å²) >= 11 is 0. The molecule has 16 heavy (non-hydrogen) atoms. The van der Waals surface area contributed by atoms with E-state index in [4.69, 9.17) is 5.11 Å². The lowest BCUT2D eigenvalue weighted by molar-refractivity contribution is 0.287. The summed E-state index contributed by atoms with van der Waals surface area (Å²) in [5.74, 6) is 0.929. The van der Waals surface area contributed by atoms with Gasteiger partial charge in [0.25, 0.3) is 0 Å². The first-order valence-electron chi connectivity index (χ1n) is 5.38. The summed E-state index contributed by atoms with van der Waals surface area (Å²) in [6, 6.07) is 3.89. The number of imidazole rings is 1. The largest absolute Gasteiger partial charge is 0.396 e. The van der Waals surface area contributed by atoms with E-state index in [1.807, 2.05) is 19.1 Å². The Kier molecular flexibility index (Phi) is 3.31. The first-order valence-corrected chi connectivity index (χ1v) is 5.38. The number of aromatic amines is 1. The summed E-state index contributed by atoms with van der Waals surface area (Å²) in [6.07, 6.45) is 5.04. The number of aliphatic hydroxyl groups excluding tert-OH is 1. The van der Waals surface area contributed by atoms with Gasteiger partial charge in [-0.1, -0.05) is 0 Å². The lowest BCUT2D eigenvalue weighted by Gasteiger charge is -1.96. The maximum Gasteiger partial charge on any atom is 0.107 e. The monoisotopic (exact) mass is 217 g/mol. The predicted octanol–water partition coefficient (Wildman–Crippen LogP) is 1.71. The summed E-state index contributed by atoms with van der Waals surface area (Å²) < 4.78 is 0. The van der Waals surface area contributed by atoms with Crippen molar-refractivity contribution in [1.29, 1.82) is 0 Å². The molecule has 2 N–H and O–H groups in total. The topological polar surface area (TPSA) is 61.8 Å². The van der Waals surface area contributed by atoms with Crippen molar-refractivity contribution in [3.05, 3.63) is 36.0 Å². The summed E-state index contributed by atoms with van der Waals surface area (Å²) in [4.78, 5) is 11.7. The molecule has 4 heteroatoms. The Labute approximate surface area is 94.4 Å². The Morgan fingerprint density at radius 3 is 2.75 bits per heavy atom. The number of nitrogens with zero attached hydrogens (tertiary/aromatic N) is 2. The van der Waals surface area contributed by atoms with Crippen molar-refractivity contribution >= 4 is 0 Å². The molecular weight excluding hydrogens is 202 g/mol. The lowest BCUT2D eigenvalue weighted by Crippen LogP contribution is -1.91. The van der Waals surface area contributed by atoms with Gasteiger partial charge in [-0.3, -0.25) is 4.98 Å². The van der Waals surface area contributed by atoms with Crippen LogP contribution in [-0.4, -0.2) is 26.7 Å². The first-order chi connectivity index (χ1) is 7.81. The molecule has 4 nitrogen and oxygen atoms in total. The summed E-state index contributed by atoms with van der Waals surface area (Å²) in [5.41, 5.74) is 3.09. The van der Waals surface area contributed by atoms with E-state index in [9.17, 15) is 0 Å².